The predicted molar refractivity (Wildman–Crippen MR) is 92.6 cm³/mol. The van der Waals surface area contributed by atoms with Crippen molar-refractivity contribution in [3.05, 3.63) is 53.5 Å². The van der Waals surface area contributed by atoms with E-state index in [1.54, 1.807) is 0 Å². The van der Waals surface area contributed by atoms with Crippen LogP contribution in [0.3, 0.4) is 0 Å². The second-order valence-corrected chi connectivity index (χ2v) is 6.90. The van der Waals surface area contributed by atoms with Crippen molar-refractivity contribution in [3.63, 3.8) is 0 Å². The summed E-state index contributed by atoms with van der Waals surface area (Å²) in [6, 6.07) is 0.454. The fraction of sp³-hybridized carbons (Fsp3) is 0.421. The van der Waals surface area contributed by atoms with Gasteiger partial charge in [-0.2, -0.15) is 26.3 Å². The lowest BCUT2D eigenvalue weighted by Gasteiger charge is -2.29. The Bertz CT molecular complexity index is 846. The highest BCUT2D eigenvalue weighted by atomic mass is 19.4. The molecule has 2 aromatic rings. The van der Waals surface area contributed by atoms with E-state index in [4.69, 9.17) is 4.74 Å². The first-order valence-electron chi connectivity index (χ1n) is 9.05. The van der Waals surface area contributed by atoms with Gasteiger partial charge in [-0.25, -0.2) is 4.98 Å². The van der Waals surface area contributed by atoms with E-state index in [9.17, 15) is 31.1 Å². The van der Waals surface area contributed by atoms with Gasteiger partial charge >= 0.3 is 12.4 Å². The summed E-state index contributed by atoms with van der Waals surface area (Å²) >= 11 is 0. The van der Waals surface area contributed by atoms with Gasteiger partial charge in [0.25, 0.3) is 5.91 Å². The summed E-state index contributed by atoms with van der Waals surface area (Å²) < 4.78 is 83.4. The molecule has 0 atom stereocenters. The van der Waals surface area contributed by atoms with E-state index in [0.29, 0.717) is 43.7 Å². The molecule has 1 aliphatic carbocycles. The summed E-state index contributed by atoms with van der Waals surface area (Å²) in [7, 11) is 0. The zero-order valence-corrected chi connectivity index (χ0v) is 15.4. The lowest BCUT2D eigenvalue weighted by atomic mass is 9.92. The van der Waals surface area contributed by atoms with Gasteiger partial charge in [-0.05, 0) is 43.9 Å². The van der Waals surface area contributed by atoms with Crippen LogP contribution in [-0.4, -0.2) is 28.0 Å². The number of carbonyl (C=O) groups is 1. The molecule has 0 spiro atoms. The SMILES string of the molecule is O=C(NC1CCC(Oc2cnccn2)CC1)c1cc(C(F)(F)F)cc(C(F)(F)F)c1. The average Bonchev–Trinajstić information content (AvgIpc) is 2.68. The molecule has 1 aliphatic rings. The molecule has 3 rings (SSSR count). The summed E-state index contributed by atoms with van der Waals surface area (Å²) in [6.45, 7) is 0. The summed E-state index contributed by atoms with van der Waals surface area (Å²) in [5.74, 6) is -0.626. The quantitative estimate of drug-likeness (QED) is 0.714. The second-order valence-electron chi connectivity index (χ2n) is 6.90. The second kappa shape index (κ2) is 8.49. The van der Waals surface area contributed by atoms with Crippen LogP contribution in [0, 0.1) is 0 Å². The first-order valence-corrected chi connectivity index (χ1v) is 9.05. The number of alkyl halides is 6. The maximum atomic E-state index is 13.0. The number of amides is 1. The van der Waals surface area contributed by atoms with E-state index in [0.717, 1.165) is 0 Å². The first-order chi connectivity index (χ1) is 14.0. The predicted octanol–water partition coefficient (Wildman–Crippen LogP) is 4.63. The van der Waals surface area contributed by atoms with Crippen molar-refractivity contribution in [1.82, 2.24) is 15.3 Å². The number of hydrogen-bond acceptors (Lipinski definition) is 4. The Balaban J connectivity index is 1.65. The van der Waals surface area contributed by atoms with Gasteiger partial charge in [-0.15, -0.1) is 0 Å². The molecule has 1 aromatic heterocycles. The van der Waals surface area contributed by atoms with E-state index in [1.807, 2.05) is 0 Å². The zero-order valence-electron chi connectivity index (χ0n) is 15.4. The molecule has 1 aromatic carbocycles. The minimum atomic E-state index is -5.01. The minimum absolute atomic E-state index is 0.00814. The largest absolute Gasteiger partial charge is 0.473 e. The van der Waals surface area contributed by atoms with E-state index >= 15 is 0 Å². The van der Waals surface area contributed by atoms with Gasteiger partial charge in [0.15, 0.2) is 0 Å². The van der Waals surface area contributed by atoms with Gasteiger partial charge in [0.2, 0.25) is 5.88 Å². The van der Waals surface area contributed by atoms with Crippen molar-refractivity contribution >= 4 is 5.91 Å². The van der Waals surface area contributed by atoms with Crippen LogP contribution in [0.2, 0.25) is 0 Å². The van der Waals surface area contributed by atoms with E-state index in [2.05, 4.69) is 15.3 Å². The molecular weight excluding hydrogens is 416 g/mol. The van der Waals surface area contributed by atoms with Crippen LogP contribution in [-0.2, 0) is 12.4 Å². The molecule has 1 N–H and O–H groups in total. The molecule has 5 nitrogen and oxygen atoms in total. The maximum absolute atomic E-state index is 13.0. The lowest BCUT2D eigenvalue weighted by Crippen LogP contribution is -2.40. The number of carbonyl (C=O) groups excluding carboxylic acids is 1. The van der Waals surface area contributed by atoms with Crippen LogP contribution in [0.15, 0.2) is 36.8 Å². The van der Waals surface area contributed by atoms with Crippen molar-refractivity contribution in [1.29, 1.82) is 0 Å². The van der Waals surface area contributed by atoms with E-state index < -0.39 is 35.0 Å². The number of halogens is 6. The van der Waals surface area contributed by atoms with E-state index in [1.165, 1.54) is 18.6 Å². The Labute approximate surface area is 167 Å². The highest BCUT2D eigenvalue weighted by Crippen LogP contribution is 2.36. The third-order valence-electron chi connectivity index (χ3n) is 4.69. The van der Waals surface area contributed by atoms with Gasteiger partial charge in [-0.1, -0.05) is 0 Å². The topological polar surface area (TPSA) is 64.1 Å². The standard InChI is InChI=1S/C19H17F6N3O2/c20-18(21,22)12-7-11(8-13(9-12)19(23,24)25)17(29)28-14-1-3-15(4-2-14)30-16-10-26-5-6-27-16/h5-10,14-15H,1-4H2,(H,28,29). The fourth-order valence-electron chi connectivity index (χ4n) is 3.20. The van der Waals surface area contributed by atoms with Crippen molar-refractivity contribution in [2.75, 3.05) is 0 Å². The molecule has 162 valence electrons. The van der Waals surface area contributed by atoms with Gasteiger partial charge in [0, 0.05) is 24.0 Å². The first kappa shape index (κ1) is 21.8. The summed E-state index contributed by atoms with van der Waals surface area (Å²) in [4.78, 5) is 20.2. The van der Waals surface area contributed by atoms with Crippen molar-refractivity contribution in [2.45, 2.75) is 50.2 Å². The monoisotopic (exact) mass is 433 g/mol. The summed E-state index contributed by atoms with van der Waals surface area (Å²) in [5.41, 5.74) is -3.73. The Morgan fingerprint density at radius 3 is 2.03 bits per heavy atom. The molecule has 30 heavy (non-hydrogen) atoms. The third kappa shape index (κ3) is 5.61. The highest BCUT2D eigenvalue weighted by molar-refractivity contribution is 5.94. The molecule has 0 bridgehead atoms. The number of rotatable bonds is 4. The Morgan fingerprint density at radius 1 is 0.933 bits per heavy atom. The van der Waals surface area contributed by atoms with Crippen molar-refractivity contribution in [3.8, 4) is 5.88 Å². The Hall–Kier alpha value is -2.85. The van der Waals surface area contributed by atoms with Crippen molar-refractivity contribution < 1.29 is 35.9 Å². The minimum Gasteiger partial charge on any atom is -0.473 e. The zero-order chi connectivity index (χ0) is 21.9. The van der Waals surface area contributed by atoms with Crippen molar-refractivity contribution in [2.24, 2.45) is 0 Å². The van der Waals surface area contributed by atoms with Gasteiger partial charge in [0.1, 0.15) is 6.10 Å². The van der Waals surface area contributed by atoms with Gasteiger partial charge < -0.3 is 10.1 Å². The number of aromatic nitrogens is 2. The molecule has 1 heterocycles. The van der Waals surface area contributed by atoms with Crippen LogP contribution in [0.25, 0.3) is 0 Å². The fourth-order valence-corrected chi connectivity index (χ4v) is 3.20. The Kier molecular flexibility index (Phi) is 6.18. The van der Waals surface area contributed by atoms with Crippen LogP contribution in [0.4, 0.5) is 26.3 Å². The molecule has 0 unspecified atom stereocenters. The molecule has 0 radical (unpaired) electrons. The smallest absolute Gasteiger partial charge is 0.416 e. The molecule has 1 amide bonds. The van der Waals surface area contributed by atoms with Crippen LogP contribution in [0.1, 0.15) is 47.2 Å². The summed E-state index contributed by atoms with van der Waals surface area (Å²) in [6.07, 6.45) is -3.75. The molecule has 1 saturated carbocycles. The number of nitrogens with one attached hydrogen (secondary N) is 1. The average molecular weight is 433 g/mol. The number of ether oxygens (including phenoxy) is 1. The van der Waals surface area contributed by atoms with Gasteiger partial charge in [-0.3, -0.25) is 9.78 Å². The van der Waals surface area contributed by atoms with Gasteiger partial charge in [0.05, 0.1) is 17.3 Å². The number of hydrogen-bond donors (Lipinski definition) is 1. The molecular formula is C19H17F6N3O2. The van der Waals surface area contributed by atoms with Crippen LogP contribution >= 0.6 is 0 Å². The molecule has 1 fully saturated rings. The molecule has 0 aliphatic heterocycles. The number of nitrogens with zero attached hydrogens (tertiary/aromatic N) is 2. The molecule has 0 saturated heterocycles. The lowest BCUT2D eigenvalue weighted by molar-refractivity contribution is -0.143. The Morgan fingerprint density at radius 2 is 1.53 bits per heavy atom. The highest BCUT2D eigenvalue weighted by Gasteiger charge is 2.37. The number of benzene rings is 1. The van der Waals surface area contributed by atoms with Crippen LogP contribution < -0.4 is 10.1 Å². The van der Waals surface area contributed by atoms with Crippen LogP contribution in [0.5, 0.6) is 5.88 Å². The third-order valence-corrected chi connectivity index (χ3v) is 4.69. The van der Waals surface area contributed by atoms with E-state index in [-0.39, 0.29) is 18.2 Å². The maximum Gasteiger partial charge on any atom is 0.416 e. The molecule has 11 heteroatoms. The summed E-state index contributed by atoms with van der Waals surface area (Å²) in [5, 5.41) is 2.52. The normalized spacial score (nSPS) is 19.9.